The molecule has 0 spiro atoms. The largest absolute Gasteiger partial charge is 0.383 e. The first-order valence-corrected chi connectivity index (χ1v) is 7.80. The van der Waals surface area contributed by atoms with Crippen LogP contribution in [0, 0.1) is 0 Å². The topological polar surface area (TPSA) is 79.0 Å². The molecule has 0 radical (unpaired) electrons. The number of anilines is 2. The third-order valence-corrected chi connectivity index (χ3v) is 3.69. The first-order chi connectivity index (χ1) is 11.8. The minimum Gasteiger partial charge on any atom is -0.383 e. The van der Waals surface area contributed by atoms with Crippen LogP contribution in [0.25, 0.3) is 10.9 Å². The Morgan fingerprint density at radius 1 is 1.25 bits per heavy atom. The lowest BCUT2D eigenvalue weighted by atomic mass is 10.1. The summed E-state index contributed by atoms with van der Waals surface area (Å²) in [4.78, 5) is 19.7. The monoisotopic (exact) mass is 324 g/mol. The number of H-pyrrole nitrogens is 1. The van der Waals surface area contributed by atoms with Gasteiger partial charge in [-0.3, -0.25) is 4.79 Å². The second kappa shape index (κ2) is 7.61. The maximum absolute atomic E-state index is 12.2. The summed E-state index contributed by atoms with van der Waals surface area (Å²) >= 11 is 0. The number of fused-ring (bicyclic) bond motifs is 1. The lowest BCUT2D eigenvalue weighted by molar-refractivity contribution is -0.115. The van der Waals surface area contributed by atoms with E-state index in [0.717, 1.165) is 22.3 Å². The van der Waals surface area contributed by atoms with Crippen LogP contribution in [0.15, 0.2) is 48.8 Å². The highest BCUT2D eigenvalue weighted by molar-refractivity contribution is 5.95. The zero-order valence-corrected chi connectivity index (χ0v) is 13.5. The molecule has 3 aromatic rings. The molecule has 0 bridgehead atoms. The SMILES string of the molecule is COCCNc1ccc(NC(=O)Cc2c[nH]c3ccccc23)cn1. The number of nitrogens with one attached hydrogen (secondary N) is 3. The van der Waals surface area contributed by atoms with Crippen molar-refractivity contribution < 1.29 is 9.53 Å². The van der Waals surface area contributed by atoms with Gasteiger partial charge in [0, 0.05) is 30.8 Å². The molecule has 2 heterocycles. The highest BCUT2D eigenvalue weighted by atomic mass is 16.5. The molecule has 124 valence electrons. The van der Waals surface area contributed by atoms with Crippen molar-refractivity contribution in [1.29, 1.82) is 0 Å². The number of hydrogen-bond acceptors (Lipinski definition) is 4. The van der Waals surface area contributed by atoms with E-state index >= 15 is 0 Å². The number of aromatic amines is 1. The molecule has 6 heteroatoms. The Morgan fingerprint density at radius 3 is 2.92 bits per heavy atom. The molecule has 0 fully saturated rings. The second-order valence-electron chi connectivity index (χ2n) is 5.44. The van der Waals surface area contributed by atoms with Gasteiger partial charge in [0.25, 0.3) is 0 Å². The van der Waals surface area contributed by atoms with Crippen molar-refractivity contribution in [3.8, 4) is 0 Å². The fourth-order valence-corrected chi connectivity index (χ4v) is 2.51. The van der Waals surface area contributed by atoms with E-state index < -0.39 is 0 Å². The average Bonchev–Trinajstić information content (AvgIpc) is 3.00. The quantitative estimate of drug-likeness (QED) is 0.584. The molecular formula is C18H20N4O2. The predicted molar refractivity (Wildman–Crippen MR) is 95.2 cm³/mol. The lowest BCUT2D eigenvalue weighted by Gasteiger charge is -2.07. The van der Waals surface area contributed by atoms with Crippen LogP contribution < -0.4 is 10.6 Å². The fourth-order valence-electron chi connectivity index (χ4n) is 2.51. The lowest BCUT2D eigenvalue weighted by Crippen LogP contribution is -2.14. The Morgan fingerprint density at radius 2 is 2.12 bits per heavy atom. The van der Waals surface area contributed by atoms with Gasteiger partial charge in [-0.15, -0.1) is 0 Å². The van der Waals surface area contributed by atoms with Gasteiger partial charge in [-0.1, -0.05) is 18.2 Å². The first-order valence-electron chi connectivity index (χ1n) is 7.80. The number of methoxy groups -OCH3 is 1. The van der Waals surface area contributed by atoms with Crippen LogP contribution in [0.1, 0.15) is 5.56 Å². The number of nitrogens with zero attached hydrogens (tertiary/aromatic N) is 1. The number of pyridine rings is 1. The van der Waals surface area contributed by atoms with E-state index in [1.165, 1.54) is 0 Å². The number of amides is 1. The molecular weight excluding hydrogens is 304 g/mol. The van der Waals surface area contributed by atoms with Gasteiger partial charge >= 0.3 is 0 Å². The van der Waals surface area contributed by atoms with Crippen molar-refractivity contribution in [2.45, 2.75) is 6.42 Å². The van der Waals surface area contributed by atoms with Crippen molar-refractivity contribution in [2.75, 3.05) is 30.9 Å². The van der Waals surface area contributed by atoms with Gasteiger partial charge in [-0.25, -0.2) is 4.98 Å². The summed E-state index contributed by atoms with van der Waals surface area (Å²) in [5.41, 5.74) is 2.69. The predicted octanol–water partition coefficient (Wildman–Crippen LogP) is 2.80. The molecule has 3 N–H and O–H groups in total. The molecule has 3 rings (SSSR count). The Labute approximate surface area is 140 Å². The van der Waals surface area contributed by atoms with E-state index in [2.05, 4.69) is 20.6 Å². The normalized spacial score (nSPS) is 10.7. The molecule has 1 amide bonds. The van der Waals surface area contributed by atoms with E-state index in [0.29, 0.717) is 25.3 Å². The van der Waals surface area contributed by atoms with Crippen LogP contribution in [0.3, 0.4) is 0 Å². The number of carbonyl (C=O) groups is 1. The maximum Gasteiger partial charge on any atom is 0.228 e. The van der Waals surface area contributed by atoms with Gasteiger partial charge in [0.15, 0.2) is 0 Å². The molecule has 6 nitrogen and oxygen atoms in total. The number of aromatic nitrogens is 2. The van der Waals surface area contributed by atoms with E-state index in [9.17, 15) is 4.79 Å². The van der Waals surface area contributed by atoms with Crippen LogP contribution in [0.2, 0.25) is 0 Å². The van der Waals surface area contributed by atoms with Crippen LogP contribution in [0.4, 0.5) is 11.5 Å². The number of carbonyl (C=O) groups excluding carboxylic acids is 1. The average molecular weight is 324 g/mol. The Hall–Kier alpha value is -2.86. The standard InChI is InChI=1S/C18H20N4O2/c1-24-9-8-19-17-7-6-14(12-21-17)22-18(23)10-13-11-20-16-5-3-2-4-15(13)16/h2-7,11-12,20H,8-10H2,1H3,(H,19,21)(H,22,23). The van der Waals surface area contributed by atoms with Gasteiger partial charge in [0.05, 0.1) is 24.9 Å². The molecule has 0 aliphatic heterocycles. The maximum atomic E-state index is 12.2. The molecule has 0 aliphatic carbocycles. The minimum absolute atomic E-state index is 0.0679. The van der Waals surface area contributed by atoms with Crippen molar-refractivity contribution in [3.63, 3.8) is 0 Å². The number of rotatable bonds is 7. The summed E-state index contributed by atoms with van der Waals surface area (Å²) in [5.74, 6) is 0.684. The Bertz CT molecular complexity index is 811. The number of ether oxygens (including phenoxy) is 1. The summed E-state index contributed by atoms with van der Waals surface area (Å²) in [5, 5.41) is 7.07. The second-order valence-corrected chi connectivity index (χ2v) is 5.44. The highest BCUT2D eigenvalue weighted by Crippen LogP contribution is 2.18. The molecule has 0 atom stereocenters. The van der Waals surface area contributed by atoms with Crippen LogP contribution in [0.5, 0.6) is 0 Å². The summed E-state index contributed by atoms with van der Waals surface area (Å²) in [7, 11) is 1.65. The number of para-hydroxylation sites is 1. The van der Waals surface area contributed by atoms with Gasteiger partial charge in [-0.2, -0.15) is 0 Å². The zero-order valence-electron chi connectivity index (χ0n) is 13.5. The Balaban J connectivity index is 1.58. The fraction of sp³-hybridized carbons (Fsp3) is 0.222. The van der Waals surface area contributed by atoms with Gasteiger partial charge in [0.1, 0.15) is 5.82 Å². The number of hydrogen-bond donors (Lipinski definition) is 3. The summed E-state index contributed by atoms with van der Waals surface area (Å²) in [6, 6.07) is 11.6. The van der Waals surface area contributed by atoms with E-state index in [1.807, 2.05) is 42.6 Å². The zero-order chi connectivity index (χ0) is 16.8. The minimum atomic E-state index is -0.0679. The van der Waals surface area contributed by atoms with E-state index in [-0.39, 0.29) is 5.91 Å². The molecule has 2 aromatic heterocycles. The summed E-state index contributed by atoms with van der Waals surface area (Å²) in [6.45, 7) is 1.31. The Kier molecular flexibility index (Phi) is 5.08. The van der Waals surface area contributed by atoms with E-state index in [1.54, 1.807) is 13.3 Å². The summed E-state index contributed by atoms with van der Waals surface area (Å²) in [6.07, 6.45) is 3.84. The first kappa shape index (κ1) is 16.0. The van der Waals surface area contributed by atoms with E-state index in [4.69, 9.17) is 4.74 Å². The van der Waals surface area contributed by atoms with Crippen molar-refractivity contribution in [1.82, 2.24) is 9.97 Å². The van der Waals surface area contributed by atoms with Crippen molar-refractivity contribution in [3.05, 3.63) is 54.4 Å². The molecule has 1 aromatic carbocycles. The highest BCUT2D eigenvalue weighted by Gasteiger charge is 2.09. The smallest absolute Gasteiger partial charge is 0.228 e. The van der Waals surface area contributed by atoms with Gasteiger partial charge < -0.3 is 20.4 Å². The molecule has 0 saturated heterocycles. The number of benzene rings is 1. The molecule has 0 saturated carbocycles. The molecule has 0 unspecified atom stereocenters. The third-order valence-electron chi connectivity index (χ3n) is 3.69. The van der Waals surface area contributed by atoms with Crippen LogP contribution in [-0.2, 0) is 16.0 Å². The van der Waals surface area contributed by atoms with Crippen molar-refractivity contribution in [2.24, 2.45) is 0 Å². The third kappa shape index (κ3) is 3.91. The van der Waals surface area contributed by atoms with Crippen LogP contribution in [-0.4, -0.2) is 36.1 Å². The molecule has 24 heavy (non-hydrogen) atoms. The van der Waals surface area contributed by atoms with Crippen molar-refractivity contribution >= 4 is 28.3 Å². The van der Waals surface area contributed by atoms with Gasteiger partial charge in [-0.05, 0) is 23.8 Å². The summed E-state index contributed by atoms with van der Waals surface area (Å²) < 4.78 is 4.97. The van der Waals surface area contributed by atoms with Crippen LogP contribution >= 0.6 is 0 Å². The van der Waals surface area contributed by atoms with Gasteiger partial charge in [0.2, 0.25) is 5.91 Å². The molecule has 0 aliphatic rings.